The number of hydrogen-bond acceptors (Lipinski definition) is 11. The first-order valence-electron chi connectivity index (χ1n) is 14.9. The SMILES string of the molecule is CCOC(=O)c1ccc(N2C(=O)[C@H]3[C@H](c4ccc(OC)c(OC)c4)c4sc(=O)n(CC(=O)Nc5ccc(OC)cc5)c4S[C@H]3C2=O)cc1. The average Bonchev–Trinajstić information content (AvgIpc) is 3.54. The maximum absolute atomic E-state index is 14.3. The van der Waals surface area contributed by atoms with E-state index in [1.54, 1.807) is 56.5 Å². The van der Waals surface area contributed by atoms with Gasteiger partial charge < -0.3 is 24.3 Å². The predicted molar refractivity (Wildman–Crippen MR) is 180 cm³/mol. The summed E-state index contributed by atoms with van der Waals surface area (Å²) in [6.45, 7) is 1.61. The molecule has 3 amide bonds. The number of benzene rings is 3. The summed E-state index contributed by atoms with van der Waals surface area (Å²) in [5, 5.41) is 2.33. The van der Waals surface area contributed by atoms with Gasteiger partial charge in [-0.05, 0) is 73.2 Å². The van der Waals surface area contributed by atoms with Crippen LogP contribution in [0.5, 0.6) is 17.2 Å². The lowest BCUT2D eigenvalue weighted by atomic mass is 9.83. The Morgan fingerprint density at radius 2 is 1.56 bits per heavy atom. The van der Waals surface area contributed by atoms with Crippen LogP contribution in [0.4, 0.5) is 11.4 Å². The number of hydrogen-bond donors (Lipinski definition) is 1. The molecule has 12 nitrogen and oxygen atoms in total. The van der Waals surface area contributed by atoms with Crippen LogP contribution >= 0.6 is 23.1 Å². The van der Waals surface area contributed by atoms with Crippen LogP contribution in [0.15, 0.2) is 76.6 Å². The van der Waals surface area contributed by atoms with Crippen LogP contribution in [0.3, 0.4) is 0 Å². The highest BCUT2D eigenvalue weighted by molar-refractivity contribution is 8.00. The third kappa shape index (κ3) is 5.92. The van der Waals surface area contributed by atoms with Crippen molar-refractivity contribution in [3.8, 4) is 17.2 Å². The zero-order valence-electron chi connectivity index (χ0n) is 26.4. The van der Waals surface area contributed by atoms with E-state index < -0.39 is 45.6 Å². The number of imide groups is 1. The highest BCUT2D eigenvalue weighted by Gasteiger charge is 2.57. The summed E-state index contributed by atoms with van der Waals surface area (Å²) >= 11 is 2.04. The van der Waals surface area contributed by atoms with Gasteiger partial charge in [-0.25, -0.2) is 9.69 Å². The summed E-state index contributed by atoms with van der Waals surface area (Å²) in [5.41, 5.74) is 1.75. The topological polar surface area (TPSA) is 142 Å². The smallest absolute Gasteiger partial charge is 0.338 e. The van der Waals surface area contributed by atoms with E-state index in [1.165, 1.54) is 43.1 Å². The molecule has 0 aliphatic carbocycles. The minimum Gasteiger partial charge on any atom is -0.497 e. The summed E-state index contributed by atoms with van der Waals surface area (Å²) in [7, 11) is 4.55. The molecule has 48 heavy (non-hydrogen) atoms. The maximum Gasteiger partial charge on any atom is 0.338 e. The Balaban J connectivity index is 1.39. The highest BCUT2D eigenvalue weighted by atomic mass is 32.2. The molecule has 3 heterocycles. The van der Waals surface area contributed by atoms with E-state index in [4.69, 9.17) is 18.9 Å². The standard InChI is InChI=1S/C34H31N3O9S2/c1-5-46-33(41)18-6-11-21(12-7-18)37-30(39)27-26(19-8-15-23(44-3)24(16-19)45-4)29-32(47-28(27)31(37)40)36(34(42)48-29)17-25(38)35-20-9-13-22(43-2)14-10-20/h6-16,26-28H,5,17H2,1-4H3,(H,35,38)/t26-,27-,28+/m0/s1. The average molecular weight is 690 g/mol. The molecule has 6 rings (SSSR count). The molecule has 248 valence electrons. The van der Waals surface area contributed by atoms with E-state index in [0.717, 1.165) is 28.0 Å². The molecule has 3 aromatic carbocycles. The lowest BCUT2D eigenvalue weighted by molar-refractivity contribution is -0.122. The van der Waals surface area contributed by atoms with Crippen molar-refractivity contribution in [3.05, 3.63) is 92.4 Å². The van der Waals surface area contributed by atoms with Crippen molar-refractivity contribution in [2.45, 2.75) is 29.7 Å². The normalized spacial score (nSPS) is 18.2. The van der Waals surface area contributed by atoms with E-state index in [2.05, 4.69) is 5.32 Å². The minimum atomic E-state index is -0.905. The van der Waals surface area contributed by atoms with Gasteiger partial charge in [0.1, 0.15) is 17.5 Å². The Morgan fingerprint density at radius 1 is 0.854 bits per heavy atom. The third-order valence-corrected chi connectivity index (χ3v) is 10.7. The van der Waals surface area contributed by atoms with E-state index in [0.29, 0.717) is 44.1 Å². The number of ether oxygens (including phenoxy) is 4. The lowest BCUT2D eigenvalue weighted by Gasteiger charge is -2.31. The molecule has 0 radical (unpaired) electrons. The number of thiazole rings is 1. The number of anilines is 2. The van der Waals surface area contributed by atoms with Crippen molar-refractivity contribution in [3.63, 3.8) is 0 Å². The van der Waals surface area contributed by atoms with Crippen LogP contribution in [0, 0.1) is 5.92 Å². The Kier molecular flexibility index (Phi) is 9.29. The Hall–Kier alpha value is -5.08. The molecule has 2 aliphatic heterocycles. The summed E-state index contributed by atoms with van der Waals surface area (Å²) in [6, 6.07) is 18.1. The van der Waals surface area contributed by atoms with Gasteiger partial charge in [-0.3, -0.25) is 23.7 Å². The first-order valence-corrected chi connectivity index (χ1v) is 16.6. The number of nitrogens with one attached hydrogen (secondary N) is 1. The summed E-state index contributed by atoms with van der Waals surface area (Å²) in [5.74, 6) is -1.94. The van der Waals surface area contributed by atoms with Crippen LogP contribution < -0.4 is 29.3 Å². The first-order chi connectivity index (χ1) is 23.2. The minimum absolute atomic E-state index is 0.208. The number of thioether (sulfide) groups is 1. The summed E-state index contributed by atoms with van der Waals surface area (Å²) in [4.78, 5) is 68.5. The quantitative estimate of drug-likeness (QED) is 0.186. The lowest BCUT2D eigenvalue weighted by Crippen LogP contribution is -2.33. The zero-order chi connectivity index (χ0) is 34.1. The van der Waals surface area contributed by atoms with Gasteiger partial charge in [0.25, 0.3) is 0 Å². The molecule has 3 atom stereocenters. The van der Waals surface area contributed by atoms with Gasteiger partial charge in [0.15, 0.2) is 11.5 Å². The van der Waals surface area contributed by atoms with E-state index in [-0.39, 0.29) is 18.7 Å². The van der Waals surface area contributed by atoms with Crippen molar-refractivity contribution < 1.29 is 38.1 Å². The number of nitrogens with zero attached hydrogens (tertiary/aromatic N) is 2. The number of carbonyl (C=O) groups excluding carboxylic acids is 4. The second-order valence-corrected chi connectivity index (χ2v) is 13.0. The van der Waals surface area contributed by atoms with Crippen molar-refractivity contribution in [1.29, 1.82) is 0 Å². The molecule has 1 aromatic heterocycles. The zero-order valence-corrected chi connectivity index (χ0v) is 28.0. The molecular formula is C34H31N3O9S2. The van der Waals surface area contributed by atoms with Crippen LogP contribution in [0.1, 0.15) is 33.6 Å². The molecule has 0 bridgehead atoms. The molecule has 0 saturated carbocycles. The molecule has 4 aromatic rings. The molecule has 0 spiro atoms. The van der Waals surface area contributed by atoms with Crippen molar-refractivity contribution in [2.24, 2.45) is 5.92 Å². The van der Waals surface area contributed by atoms with Crippen LogP contribution in [0.25, 0.3) is 0 Å². The third-order valence-electron chi connectivity index (χ3n) is 8.13. The van der Waals surface area contributed by atoms with Gasteiger partial charge in [0.05, 0.1) is 50.1 Å². The van der Waals surface area contributed by atoms with Gasteiger partial charge in [-0.1, -0.05) is 29.2 Å². The van der Waals surface area contributed by atoms with Crippen LogP contribution in [-0.2, 0) is 25.7 Å². The van der Waals surface area contributed by atoms with Crippen LogP contribution in [0.2, 0.25) is 0 Å². The van der Waals surface area contributed by atoms with Crippen molar-refractivity contribution in [2.75, 3.05) is 38.2 Å². The second kappa shape index (κ2) is 13.6. The summed E-state index contributed by atoms with van der Waals surface area (Å²) in [6.07, 6.45) is 0. The number of aromatic nitrogens is 1. The Morgan fingerprint density at radius 3 is 2.21 bits per heavy atom. The highest BCUT2D eigenvalue weighted by Crippen LogP contribution is 2.54. The molecule has 0 unspecified atom stereocenters. The van der Waals surface area contributed by atoms with E-state index in [9.17, 15) is 24.0 Å². The molecular weight excluding hydrogens is 659 g/mol. The number of amides is 3. The number of carbonyl (C=O) groups is 4. The van der Waals surface area contributed by atoms with E-state index >= 15 is 0 Å². The van der Waals surface area contributed by atoms with Gasteiger partial charge in [-0.2, -0.15) is 0 Å². The maximum atomic E-state index is 14.3. The fraction of sp³-hybridized carbons (Fsp3) is 0.265. The number of esters is 1. The number of fused-ring (bicyclic) bond motifs is 2. The second-order valence-electron chi connectivity index (χ2n) is 10.8. The van der Waals surface area contributed by atoms with Crippen LogP contribution in [-0.4, -0.2) is 61.4 Å². The van der Waals surface area contributed by atoms with Gasteiger partial charge in [0.2, 0.25) is 17.7 Å². The first kappa shape index (κ1) is 32.8. The van der Waals surface area contributed by atoms with Crippen molar-refractivity contribution in [1.82, 2.24) is 4.57 Å². The van der Waals surface area contributed by atoms with Gasteiger partial charge in [-0.15, -0.1) is 0 Å². The number of methoxy groups -OCH3 is 3. The summed E-state index contributed by atoms with van der Waals surface area (Å²) < 4.78 is 22.6. The van der Waals surface area contributed by atoms with Gasteiger partial charge >= 0.3 is 10.8 Å². The Bertz CT molecular complexity index is 1950. The van der Waals surface area contributed by atoms with Gasteiger partial charge in [0, 0.05) is 16.5 Å². The largest absolute Gasteiger partial charge is 0.497 e. The predicted octanol–water partition coefficient (Wildman–Crippen LogP) is 4.55. The fourth-order valence-electron chi connectivity index (χ4n) is 5.89. The molecule has 1 N–H and O–H groups in total. The molecule has 1 saturated heterocycles. The molecule has 1 fully saturated rings. The monoisotopic (exact) mass is 689 g/mol. The van der Waals surface area contributed by atoms with Crippen molar-refractivity contribution >= 4 is 58.2 Å². The molecule has 2 aliphatic rings. The number of rotatable bonds is 10. The Labute approximate surface area is 283 Å². The molecule has 14 heteroatoms. The van der Waals surface area contributed by atoms with E-state index in [1.807, 2.05) is 0 Å². The fourth-order valence-corrected chi connectivity index (χ4v) is 8.67.